The quantitative estimate of drug-likeness (QED) is 0.496. The molecule has 4 aromatic rings. The van der Waals surface area contributed by atoms with Gasteiger partial charge in [-0.15, -0.1) is 0 Å². The molecule has 0 radical (unpaired) electrons. The molecule has 0 aliphatic carbocycles. The molecule has 2 heterocycles. The minimum absolute atomic E-state index is 0.186. The highest BCUT2D eigenvalue weighted by molar-refractivity contribution is 6.01. The number of nitrogens with two attached hydrogens (primary N) is 1. The van der Waals surface area contributed by atoms with Crippen LogP contribution in [-0.2, 0) is 11.8 Å². The van der Waals surface area contributed by atoms with Crippen LogP contribution in [0.25, 0.3) is 22.2 Å². The molecule has 29 heavy (non-hydrogen) atoms. The number of hydrogen-bond acceptors (Lipinski definition) is 5. The lowest BCUT2D eigenvalue weighted by molar-refractivity contribution is -0.124. The lowest BCUT2D eigenvalue weighted by Gasteiger charge is -2.12. The molecule has 8 heteroatoms. The van der Waals surface area contributed by atoms with Crippen LogP contribution < -0.4 is 11.1 Å². The van der Waals surface area contributed by atoms with Gasteiger partial charge in [-0.3, -0.25) is 4.79 Å². The van der Waals surface area contributed by atoms with E-state index in [0.717, 1.165) is 28.2 Å². The fraction of sp³-hybridized carbons (Fsp3) is 0.0952. The minimum atomic E-state index is -1.47. The number of amides is 1. The first-order chi connectivity index (χ1) is 13.9. The van der Waals surface area contributed by atoms with Crippen molar-refractivity contribution < 1.29 is 14.3 Å². The highest BCUT2D eigenvalue weighted by Crippen LogP contribution is 2.32. The molecule has 1 atom stereocenters. The van der Waals surface area contributed by atoms with Crippen molar-refractivity contribution in [2.75, 3.05) is 11.1 Å². The number of aromatic nitrogens is 3. The molecule has 0 saturated heterocycles. The molecule has 1 unspecified atom stereocenters. The summed E-state index contributed by atoms with van der Waals surface area (Å²) < 4.78 is 15.2. The Morgan fingerprint density at radius 2 is 1.97 bits per heavy atom. The standard InChI is InChI=1S/C21H18FN5O2/c1-27-10-16(17-19(23)24-11-25-20(17)27)12-5-7-15(8-6-12)26-21(29)18(28)13-3-2-4-14(22)9-13/h2-11,18,28H,1H3,(H,26,29)(H2,23,24,25). The van der Waals surface area contributed by atoms with Crippen LogP contribution in [0.15, 0.2) is 61.1 Å². The largest absolute Gasteiger partial charge is 0.383 e. The lowest BCUT2D eigenvalue weighted by Crippen LogP contribution is -2.20. The zero-order chi connectivity index (χ0) is 20.5. The zero-order valence-electron chi connectivity index (χ0n) is 15.5. The van der Waals surface area contributed by atoms with E-state index in [0.29, 0.717) is 11.5 Å². The van der Waals surface area contributed by atoms with Crippen LogP contribution in [0.4, 0.5) is 15.9 Å². The summed E-state index contributed by atoms with van der Waals surface area (Å²) in [7, 11) is 1.88. The number of fused-ring (bicyclic) bond motifs is 1. The van der Waals surface area contributed by atoms with Crippen LogP contribution in [0.2, 0.25) is 0 Å². The Bertz CT molecular complexity index is 1200. The topological polar surface area (TPSA) is 106 Å². The summed E-state index contributed by atoms with van der Waals surface area (Å²) >= 11 is 0. The number of benzene rings is 2. The highest BCUT2D eigenvalue weighted by Gasteiger charge is 2.18. The number of anilines is 2. The monoisotopic (exact) mass is 391 g/mol. The third kappa shape index (κ3) is 3.53. The van der Waals surface area contributed by atoms with Crippen molar-refractivity contribution in [1.82, 2.24) is 14.5 Å². The van der Waals surface area contributed by atoms with Crippen molar-refractivity contribution in [2.45, 2.75) is 6.10 Å². The summed E-state index contributed by atoms with van der Waals surface area (Å²) in [6, 6.07) is 12.4. The Hall–Kier alpha value is -3.78. The van der Waals surface area contributed by atoms with E-state index in [4.69, 9.17) is 5.73 Å². The Labute approximate surface area is 165 Å². The van der Waals surface area contributed by atoms with Crippen molar-refractivity contribution in [1.29, 1.82) is 0 Å². The molecule has 0 fully saturated rings. The van der Waals surface area contributed by atoms with Gasteiger partial charge < -0.3 is 20.7 Å². The fourth-order valence-electron chi connectivity index (χ4n) is 3.23. The number of carbonyl (C=O) groups is 1. The maximum absolute atomic E-state index is 13.3. The van der Waals surface area contributed by atoms with Crippen molar-refractivity contribution in [2.24, 2.45) is 7.05 Å². The molecule has 1 amide bonds. The number of halogens is 1. The normalized spacial score (nSPS) is 12.1. The van der Waals surface area contributed by atoms with Gasteiger partial charge in [0.2, 0.25) is 0 Å². The molecule has 0 bridgehead atoms. The van der Waals surface area contributed by atoms with Crippen LogP contribution >= 0.6 is 0 Å². The number of aryl methyl sites for hydroxylation is 1. The van der Waals surface area contributed by atoms with Crippen molar-refractivity contribution in [3.05, 3.63) is 72.4 Å². The molecule has 2 aromatic heterocycles. The summed E-state index contributed by atoms with van der Waals surface area (Å²) in [5, 5.41) is 13.5. The van der Waals surface area contributed by atoms with Gasteiger partial charge in [-0.05, 0) is 35.4 Å². The fourth-order valence-corrected chi connectivity index (χ4v) is 3.23. The van der Waals surface area contributed by atoms with Crippen LogP contribution in [0.5, 0.6) is 0 Å². The van der Waals surface area contributed by atoms with Gasteiger partial charge in [0.05, 0.1) is 5.39 Å². The number of carbonyl (C=O) groups excluding carboxylic acids is 1. The Morgan fingerprint density at radius 3 is 2.69 bits per heavy atom. The Balaban J connectivity index is 1.57. The molecule has 4 N–H and O–H groups in total. The molecule has 7 nitrogen and oxygen atoms in total. The highest BCUT2D eigenvalue weighted by atomic mass is 19.1. The second-order valence-corrected chi connectivity index (χ2v) is 6.64. The molecule has 2 aromatic carbocycles. The third-order valence-corrected chi connectivity index (χ3v) is 4.66. The summed E-state index contributed by atoms with van der Waals surface area (Å²) in [5.74, 6) is -0.774. The molecule has 146 valence electrons. The first kappa shape index (κ1) is 18.6. The third-order valence-electron chi connectivity index (χ3n) is 4.66. The maximum Gasteiger partial charge on any atom is 0.257 e. The first-order valence-corrected chi connectivity index (χ1v) is 8.84. The van der Waals surface area contributed by atoms with E-state index < -0.39 is 17.8 Å². The number of hydrogen-bond donors (Lipinski definition) is 3. The van der Waals surface area contributed by atoms with Gasteiger partial charge in [0.25, 0.3) is 5.91 Å². The summed E-state index contributed by atoms with van der Waals surface area (Å²) in [6.45, 7) is 0. The van der Waals surface area contributed by atoms with Crippen molar-refractivity contribution >= 4 is 28.4 Å². The summed E-state index contributed by atoms with van der Waals surface area (Å²) in [6.07, 6.45) is 1.86. The van der Waals surface area contributed by atoms with E-state index in [9.17, 15) is 14.3 Å². The molecule has 4 rings (SSSR count). The number of nitrogen functional groups attached to an aromatic ring is 1. The SMILES string of the molecule is Cn1cc(-c2ccc(NC(=O)C(O)c3cccc(F)c3)cc2)c2c(N)ncnc21. The van der Waals surface area contributed by atoms with Gasteiger partial charge in [0.1, 0.15) is 23.6 Å². The van der Waals surface area contributed by atoms with Gasteiger partial charge in [0, 0.05) is 24.5 Å². The number of rotatable bonds is 4. The van der Waals surface area contributed by atoms with E-state index in [1.54, 1.807) is 12.1 Å². The van der Waals surface area contributed by atoms with Crippen LogP contribution in [0.3, 0.4) is 0 Å². The van der Waals surface area contributed by atoms with Crippen molar-refractivity contribution in [3.8, 4) is 11.1 Å². The van der Waals surface area contributed by atoms with Crippen LogP contribution in [0.1, 0.15) is 11.7 Å². The smallest absolute Gasteiger partial charge is 0.257 e. The molecular weight excluding hydrogens is 373 g/mol. The van der Waals surface area contributed by atoms with E-state index >= 15 is 0 Å². The van der Waals surface area contributed by atoms with Crippen LogP contribution in [0, 0.1) is 5.82 Å². The van der Waals surface area contributed by atoms with E-state index in [2.05, 4.69) is 15.3 Å². The van der Waals surface area contributed by atoms with Gasteiger partial charge in [-0.1, -0.05) is 24.3 Å². The summed E-state index contributed by atoms with van der Waals surface area (Å²) in [4.78, 5) is 20.6. The van der Waals surface area contributed by atoms with Gasteiger partial charge in [0.15, 0.2) is 6.10 Å². The predicted molar refractivity (Wildman–Crippen MR) is 108 cm³/mol. The van der Waals surface area contributed by atoms with E-state index in [1.165, 1.54) is 24.5 Å². The second-order valence-electron chi connectivity index (χ2n) is 6.64. The maximum atomic E-state index is 13.3. The van der Waals surface area contributed by atoms with Gasteiger partial charge in [-0.2, -0.15) is 0 Å². The second kappa shape index (κ2) is 7.33. The molecule has 0 saturated carbocycles. The minimum Gasteiger partial charge on any atom is -0.383 e. The van der Waals surface area contributed by atoms with Crippen LogP contribution in [-0.4, -0.2) is 25.5 Å². The van der Waals surface area contributed by atoms with E-state index in [1.807, 2.05) is 29.9 Å². The molecule has 0 spiro atoms. The Kier molecular flexibility index (Phi) is 4.69. The molecular formula is C21H18FN5O2. The average molecular weight is 391 g/mol. The molecule has 0 aliphatic rings. The number of aliphatic hydroxyl groups excluding tert-OH is 1. The van der Waals surface area contributed by atoms with Gasteiger partial charge in [-0.25, -0.2) is 14.4 Å². The lowest BCUT2D eigenvalue weighted by atomic mass is 10.1. The number of nitrogens with one attached hydrogen (secondary N) is 1. The van der Waals surface area contributed by atoms with Gasteiger partial charge >= 0.3 is 0 Å². The first-order valence-electron chi connectivity index (χ1n) is 8.84. The number of aliphatic hydroxyl groups is 1. The number of nitrogens with zero attached hydrogens (tertiary/aromatic N) is 3. The van der Waals surface area contributed by atoms with Crippen molar-refractivity contribution in [3.63, 3.8) is 0 Å². The van der Waals surface area contributed by atoms with E-state index in [-0.39, 0.29) is 5.56 Å². The predicted octanol–water partition coefficient (Wildman–Crippen LogP) is 3.03. The zero-order valence-corrected chi connectivity index (χ0v) is 15.5. The Morgan fingerprint density at radius 1 is 1.21 bits per heavy atom. The summed E-state index contributed by atoms with van der Waals surface area (Å²) in [5.41, 5.74) is 9.19. The molecule has 0 aliphatic heterocycles. The average Bonchev–Trinajstić information content (AvgIpc) is 3.06.